The molecule has 0 aliphatic carbocycles. The van der Waals surface area contributed by atoms with Crippen molar-refractivity contribution in [1.82, 2.24) is 0 Å². The third-order valence-corrected chi connectivity index (χ3v) is 2.21. The van der Waals surface area contributed by atoms with E-state index in [-0.39, 0.29) is 0 Å². The van der Waals surface area contributed by atoms with E-state index in [9.17, 15) is 0 Å². The van der Waals surface area contributed by atoms with E-state index in [4.69, 9.17) is 22.9 Å². The van der Waals surface area contributed by atoms with Crippen LogP contribution in [0.3, 0.4) is 0 Å². The molecular formula is C10H18N4. The number of anilines is 2. The summed E-state index contributed by atoms with van der Waals surface area (Å²) in [5.41, 5.74) is 26.1. The Balaban J connectivity index is 2.98. The molecular weight excluding hydrogens is 176 g/mol. The van der Waals surface area contributed by atoms with Crippen molar-refractivity contribution in [2.24, 2.45) is 11.5 Å². The summed E-state index contributed by atoms with van der Waals surface area (Å²) in [6.07, 6.45) is 1.53. The topological polar surface area (TPSA) is 104 Å². The van der Waals surface area contributed by atoms with Gasteiger partial charge < -0.3 is 22.9 Å². The first-order chi connectivity index (χ1) is 6.69. The van der Waals surface area contributed by atoms with Gasteiger partial charge in [0.15, 0.2) is 0 Å². The molecule has 4 nitrogen and oxygen atoms in total. The van der Waals surface area contributed by atoms with Crippen molar-refractivity contribution in [2.45, 2.75) is 12.8 Å². The summed E-state index contributed by atoms with van der Waals surface area (Å²) >= 11 is 0. The van der Waals surface area contributed by atoms with Crippen molar-refractivity contribution in [3.05, 3.63) is 23.3 Å². The molecule has 78 valence electrons. The zero-order valence-corrected chi connectivity index (χ0v) is 8.29. The standard InChI is InChI=1S/C10H18N4/c11-3-1-7-5-9(13)8(2-4-12)10(14)6-7/h5-6H,1-4,11-14H2. The van der Waals surface area contributed by atoms with E-state index in [1.807, 2.05) is 12.1 Å². The number of hydrogen-bond donors (Lipinski definition) is 4. The lowest BCUT2D eigenvalue weighted by Crippen LogP contribution is -2.10. The quantitative estimate of drug-likeness (QED) is 0.500. The normalized spacial score (nSPS) is 10.4. The van der Waals surface area contributed by atoms with Gasteiger partial charge in [0.1, 0.15) is 0 Å². The summed E-state index contributed by atoms with van der Waals surface area (Å²) in [7, 11) is 0. The summed E-state index contributed by atoms with van der Waals surface area (Å²) in [5.74, 6) is 0. The van der Waals surface area contributed by atoms with E-state index in [1.54, 1.807) is 0 Å². The number of rotatable bonds is 4. The molecule has 0 saturated heterocycles. The third kappa shape index (κ3) is 2.37. The molecule has 4 heteroatoms. The summed E-state index contributed by atoms with van der Waals surface area (Å²) < 4.78 is 0. The fourth-order valence-corrected chi connectivity index (χ4v) is 1.53. The molecule has 1 aromatic carbocycles. The van der Waals surface area contributed by atoms with Gasteiger partial charge in [0, 0.05) is 11.4 Å². The molecule has 8 N–H and O–H groups in total. The van der Waals surface area contributed by atoms with Crippen LogP contribution >= 0.6 is 0 Å². The molecule has 0 unspecified atom stereocenters. The van der Waals surface area contributed by atoms with E-state index in [0.29, 0.717) is 13.1 Å². The lowest BCUT2D eigenvalue weighted by Gasteiger charge is -2.10. The first kappa shape index (κ1) is 10.8. The molecule has 0 aliphatic rings. The maximum atomic E-state index is 5.86. The van der Waals surface area contributed by atoms with Crippen molar-refractivity contribution in [2.75, 3.05) is 24.6 Å². The van der Waals surface area contributed by atoms with Crippen LogP contribution in [0.25, 0.3) is 0 Å². The van der Waals surface area contributed by atoms with Gasteiger partial charge in [-0.25, -0.2) is 0 Å². The van der Waals surface area contributed by atoms with Crippen LogP contribution in [0.4, 0.5) is 11.4 Å². The van der Waals surface area contributed by atoms with Gasteiger partial charge in [0.05, 0.1) is 0 Å². The van der Waals surface area contributed by atoms with E-state index in [2.05, 4.69) is 0 Å². The van der Waals surface area contributed by atoms with Gasteiger partial charge in [0.2, 0.25) is 0 Å². The highest BCUT2D eigenvalue weighted by Crippen LogP contribution is 2.22. The van der Waals surface area contributed by atoms with Crippen LogP contribution < -0.4 is 22.9 Å². The lowest BCUT2D eigenvalue weighted by atomic mass is 10.0. The number of nitrogen functional groups attached to an aromatic ring is 2. The Kier molecular flexibility index (Phi) is 3.73. The van der Waals surface area contributed by atoms with Crippen LogP contribution in [0.1, 0.15) is 11.1 Å². The highest BCUT2D eigenvalue weighted by Gasteiger charge is 2.05. The second-order valence-electron chi connectivity index (χ2n) is 3.33. The Morgan fingerprint density at radius 1 is 0.857 bits per heavy atom. The zero-order chi connectivity index (χ0) is 10.6. The minimum absolute atomic E-state index is 0.560. The molecule has 0 amide bonds. The Hall–Kier alpha value is -1.26. The van der Waals surface area contributed by atoms with Crippen molar-refractivity contribution in [1.29, 1.82) is 0 Å². The van der Waals surface area contributed by atoms with Crippen molar-refractivity contribution in [3.63, 3.8) is 0 Å². The smallest absolute Gasteiger partial charge is 0.0370 e. The number of benzene rings is 1. The molecule has 0 saturated carbocycles. The summed E-state index contributed by atoms with van der Waals surface area (Å²) in [6, 6.07) is 3.85. The Labute approximate surface area is 84.3 Å². The van der Waals surface area contributed by atoms with Crippen LogP contribution in [0, 0.1) is 0 Å². The maximum Gasteiger partial charge on any atom is 0.0370 e. The summed E-state index contributed by atoms with van der Waals surface area (Å²) in [4.78, 5) is 0. The maximum absolute atomic E-state index is 5.86. The summed E-state index contributed by atoms with van der Waals surface area (Å²) in [6.45, 7) is 1.17. The highest BCUT2D eigenvalue weighted by molar-refractivity contribution is 5.63. The Morgan fingerprint density at radius 2 is 1.36 bits per heavy atom. The molecule has 1 rings (SSSR count). The average Bonchev–Trinajstić information content (AvgIpc) is 2.12. The molecule has 0 aliphatic heterocycles. The van der Waals surface area contributed by atoms with Crippen LogP contribution in [0.2, 0.25) is 0 Å². The Bertz CT molecular complexity index is 286. The van der Waals surface area contributed by atoms with Crippen molar-refractivity contribution in [3.8, 4) is 0 Å². The lowest BCUT2D eigenvalue weighted by molar-refractivity contribution is 0.954. The SMILES string of the molecule is NCCc1cc(N)c(CCN)c(N)c1. The first-order valence-electron chi connectivity index (χ1n) is 4.76. The monoisotopic (exact) mass is 194 g/mol. The van der Waals surface area contributed by atoms with Gasteiger partial charge in [-0.05, 0) is 49.2 Å². The van der Waals surface area contributed by atoms with E-state index >= 15 is 0 Å². The molecule has 0 bridgehead atoms. The fourth-order valence-electron chi connectivity index (χ4n) is 1.53. The third-order valence-electron chi connectivity index (χ3n) is 2.21. The molecule has 0 fully saturated rings. The van der Waals surface area contributed by atoms with Crippen LogP contribution in [-0.4, -0.2) is 13.1 Å². The minimum Gasteiger partial charge on any atom is -0.398 e. The molecule has 0 atom stereocenters. The molecule has 0 spiro atoms. The first-order valence-corrected chi connectivity index (χ1v) is 4.76. The van der Waals surface area contributed by atoms with Crippen LogP contribution in [-0.2, 0) is 12.8 Å². The van der Waals surface area contributed by atoms with Gasteiger partial charge in [-0.3, -0.25) is 0 Å². The van der Waals surface area contributed by atoms with Gasteiger partial charge >= 0.3 is 0 Å². The second-order valence-corrected chi connectivity index (χ2v) is 3.33. The van der Waals surface area contributed by atoms with Gasteiger partial charge in [-0.1, -0.05) is 0 Å². The van der Waals surface area contributed by atoms with E-state index < -0.39 is 0 Å². The minimum atomic E-state index is 0.560. The van der Waals surface area contributed by atoms with E-state index in [0.717, 1.165) is 35.3 Å². The van der Waals surface area contributed by atoms with Crippen molar-refractivity contribution < 1.29 is 0 Å². The fraction of sp³-hybridized carbons (Fsp3) is 0.400. The molecule has 0 heterocycles. The molecule has 14 heavy (non-hydrogen) atoms. The molecule has 1 aromatic rings. The average molecular weight is 194 g/mol. The van der Waals surface area contributed by atoms with Gasteiger partial charge in [-0.2, -0.15) is 0 Å². The molecule has 0 radical (unpaired) electrons. The highest BCUT2D eigenvalue weighted by atomic mass is 14.6. The predicted octanol–water partition coefficient (Wildman–Crippen LogP) is -0.147. The van der Waals surface area contributed by atoms with Gasteiger partial charge in [0.25, 0.3) is 0 Å². The van der Waals surface area contributed by atoms with Crippen LogP contribution in [0.5, 0.6) is 0 Å². The molecule has 0 aromatic heterocycles. The van der Waals surface area contributed by atoms with E-state index in [1.165, 1.54) is 0 Å². The predicted molar refractivity (Wildman–Crippen MR) is 60.8 cm³/mol. The number of hydrogen-bond acceptors (Lipinski definition) is 4. The van der Waals surface area contributed by atoms with Crippen molar-refractivity contribution >= 4 is 11.4 Å². The second kappa shape index (κ2) is 4.83. The van der Waals surface area contributed by atoms with Crippen LogP contribution in [0.15, 0.2) is 12.1 Å². The Morgan fingerprint density at radius 3 is 1.79 bits per heavy atom. The van der Waals surface area contributed by atoms with Gasteiger partial charge in [-0.15, -0.1) is 0 Å². The summed E-state index contributed by atoms with van der Waals surface area (Å²) in [5, 5.41) is 0. The zero-order valence-electron chi connectivity index (χ0n) is 8.29. The number of nitrogens with two attached hydrogens (primary N) is 4. The largest absolute Gasteiger partial charge is 0.398 e.